The zero-order valence-corrected chi connectivity index (χ0v) is 10.3. The predicted octanol–water partition coefficient (Wildman–Crippen LogP) is 2.08. The van der Waals surface area contributed by atoms with Gasteiger partial charge in [0, 0.05) is 23.5 Å². The van der Waals surface area contributed by atoms with Crippen LogP contribution < -0.4 is 0 Å². The first kappa shape index (κ1) is 13.5. The SMILES string of the molecule is O=[N+]([O-])c1ccc(CCc2ccc([N+](=O)[O-])cn2)nc1. The topological polar surface area (TPSA) is 112 Å². The molecule has 0 amide bonds. The van der Waals surface area contributed by atoms with Gasteiger partial charge in [-0.3, -0.25) is 30.2 Å². The summed E-state index contributed by atoms with van der Waals surface area (Å²) in [5, 5.41) is 21.0. The Morgan fingerprint density at radius 1 is 0.800 bits per heavy atom. The van der Waals surface area contributed by atoms with Gasteiger partial charge in [0.1, 0.15) is 12.4 Å². The van der Waals surface area contributed by atoms with Gasteiger partial charge >= 0.3 is 0 Å². The van der Waals surface area contributed by atoms with Gasteiger partial charge in [0.15, 0.2) is 0 Å². The van der Waals surface area contributed by atoms with Gasteiger partial charge in [0.2, 0.25) is 0 Å². The Morgan fingerprint density at radius 2 is 1.20 bits per heavy atom. The van der Waals surface area contributed by atoms with Crippen LogP contribution in [-0.2, 0) is 12.8 Å². The van der Waals surface area contributed by atoms with E-state index in [0.29, 0.717) is 24.2 Å². The Bertz CT molecular complexity index is 567. The molecular formula is C12H10N4O4. The highest BCUT2D eigenvalue weighted by atomic mass is 16.6. The summed E-state index contributed by atoms with van der Waals surface area (Å²) < 4.78 is 0. The molecule has 8 nitrogen and oxygen atoms in total. The van der Waals surface area contributed by atoms with Crippen LogP contribution in [0.3, 0.4) is 0 Å². The van der Waals surface area contributed by atoms with Crippen molar-refractivity contribution in [2.24, 2.45) is 0 Å². The van der Waals surface area contributed by atoms with E-state index in [9.17, 15) is 20.2 Å². The standard InChI is InChI=1S/C12H10N4O4/c17-15(18)11-5-3-9(13-7-11)1-2-10-4-6-12(8-14-10)16(19)20/h3-8H,1-2H2. The highest BCUT2D eigenvalue weighted by Crippen LogP contribution is 2.12. The summed E-state index contributed by atoms with van der Waals surface area (Å²) >= 11 is 0. The average Bonchev–Trinajstić information content (AvgIpc) is 2.46. The van der Waals surface area contributed by atoms with Crippen molar-refractivity contribution in [1.29, 1.82) is 0 Å². The molecule has 0 spiro atoms. The summed E-state index contributed by atoms with van der Waals surface area (Å²) in [6.07, 6.45) is 3.53. The minimum absolute atomic E-state index is 0.0535. The largest absolute Gasteiger partial charge is 0.287 e. The zero-order valence-electron chi connectivity index (χ0n) is 10.3. The van der Waals surface area contributed by atoms with Gasteiger partial charge in [-0.2, -0.15) is 0 Å². The first-order valence-electron chi connectivity index (χ1n) is 5.75. The van der Waals surface area contributed by atoms with E-state index in [2.05, 4.69) is 9.97 Å². The summed E-state index contributed by atoms with van der Waals surface area (Å²) in [4.78, 5) is 27.9. The molecule has 0 aliphatic carbocycles. The van der Waals surface area contributed by atoms with Crippen molar-refractivity contribution in [3.8, 4) is 0 Å². The fraction of sp³-hybridized carbons (Fsp3) is 0.167. The van der Waals surface area contributed by atoms with E-state index in [4.69, 9.17) is 0 Å². The molecule has 0 aliphatic heterocycles. The minimum atomic E-state index is -0.505. The van der Waals surface area contributed by atoms with Gasteiger partial charge < -0.3 is 0 Å². The van der Waals surface area contributed by atoms with Gasteiger partial charge in [-0.05, 0) is 25.0 Å². The number of hydrogen-bond acceptors (Lipinski definition) is 6. The quantitative estimate of drug-likeness (QED) is 0.609. The number of aryl methyl sites for hydroxylation is 2. The number of nitro groups is 2. The van der Waals surface area contributed by atoms with Crippen molar-refractivity contribution in [3.05, 3.63) is 68.3 Å². The highest BCUT2D eigenvalue weighted by Gasteiger charge is 2.07. The molecule has 0 fully saturated rings. The Hall–Kier alpha value is -2.90. The molecule has 0 unspecified atom stereocenters. The van der Waals surface area contributed by atoms with Gasteiger partial charge in [-0.25, -0.2) is 0 Å². The summed E-state index contributed by atoms with van der Waals surface area (Å²) in [6.45, 7) is 0. The second-order valence-corrected chi connectivity index (χ2v) is 4.03. The van der Waals surface area contributed by atoms with Crippen LogP contribution in [0.15, 0.2) is 36.7 Å². The second kappa shape index (κ2) is 5.83. The van der Waals surface area contributed by atoms with E-state index in [1.54, 1.807) is 12.1 Å². The molecule has 0 aliphatic rings. The van der Waals surface area contributed by atoms with Crippen molar-refractivity contribution in [3.63, 3.8) is 0 Å². The fourth-order valence-electron chi connectivity index (χ4n) is 1.60. The van der Waals surface area contributed by atoms with Crippen molar-refractivity contribution < 1.29 is 9.85 Å². The number of hydrogen-bond donors (Lipinski definition) is 0. The van der Waals surface area contributed by atoms with E-state index >= 15 is 0 Å². The lowest BCUT2D eigenvalue weighted by Gasteiger charge is -2.00. The van der Waals surface area contributed by atoms with Gasteiger partial charge in [-0.1, -0.05) is 0 Å². The van der Waals surface area contributed by atoms with Gasteiger partial charge in [0.25, 0.3) is 11.4 Å². The van der Waals surface area contributed by atoms with Crippen molar-refractivity contribution in [2.45, 2.75) is 12.8 Å². The molecular weight excluding hydrogens is 264 g/mol. The molecule has 2 aromatic heterocycles. The molecule has 0 N–H and O–H groups in total. The monoisotopic (exact) mass is 274 g/mol. The van der Waals surface area contributed by atoms with Crippen LogP contribution in [0.25, 0.3) is 0 Å². The minimum Gasteiger partial charge on any atom is -0.258 e. The van der Waals surface area contributed by atoms with Crippen molar-refractivity contribution in [1.82, 2.24) is 9.97 Å². The molecule has 0 saturated carbocycles. The average molecular weight is 274 g/mol. The van der Waals surface area contributed by atoms with Crippen LogP contribution in [-0.4, -0.2) is 19.8 Å². The van der Waals surface area contributed by atoms with Crippen LogP contribution in [0.5, 0.6) is 0 Å². The molecule has 8 heteroatoms. The van der Waals surface area contributed by atoms with E-state index in [1.807, 2.05) is 0 Å². The van der Waals surface area contributed by atoms with E-state index in [1.165, 1.54) is 24.5 Å². The van der Waals surface area contributed by atoms with Gasteiger partial charge in [0.05, 0.1) is 9.85 Å². The van der Waals surface area contributed by atoms with Crippen LogP contribution in [0.2, 0.25) is 0 Å². The number of rotatable bonds is 5. The molecule has 0 radical (unpaired) electrons. The molecule has 0 saturated heterocycles. The van der Waals surface area contributed by atoms with Crippen molar-refractivity contribution in [2.75, 3.05) is 0 Å². The molecule has 2 heterocycles. The predicted molar refractivity (Wildman–Crippen MR) is 69.2 cm³/mol. The van der Waals surface area contributed by atoms with E-state index in [0.717, 1.165) is 0 Å². The summed E-state index contributed by atoms with van der Waals surface area (Å²) in [5.41, 5.74) is 1.30. The summed E-state index contributed by atoms with van der Waals surface area (Å²) in [6, 6.07) is 5.96. The van der Waals surface area contributed by atoms with Crippen molar-refractivity contribution >= 4 is 11.4 Å². The van der Waals surface area contributed by atoms with Crippen LogP contribution in [0.4, 0.5) is 11.4 Å². The lowest BCUT2D eigenvalue weighted by atomic mass is 10.1. The third-order valence-electron chi connectivity index (χ3n) is 2.68. The Labute approximate surface area is 113 Å². The first-order chi connectivity index (χ1) is 9.56. The smallest absolute Gasteiger partial charge is 0.258 e. The van der Waals surface area contributed by atoms with Crippen LogP contribution in [0, 0.1) is 20.2 Å². The lowest BCUT2D eigenvalue weighted by Crippen LogP contribution is -1.98. The summed E-state index contributed by atoms with van der Waals surface area (Å²) in [7, 11) is 0. The number of nitrogens with zero attached hydrogens (tertiary/aromatic N) is 4. The first-order valence-corrected chi connectivity index (χ1v) is 5.75. The van der Waals surface area contributed by atoms with Gasteiger partial charge in [-0.15, -0.1) is 0 Å². The van der Waals surface area contributed by atoms with E-state index < -0.39 is 9.85 Å². The molecule has 0 bridgehead atoms. The van der Waals surface area contributed by atoms with E-state index in [-0.39, 0.29) is 11.4 Å². The molecule has 2 aromatic rings. The second-order valence-electron chi connectivity index (χ2n) is 4.03. The molecule has 0 atom stereocenters. The molecule has 2 rings (SSSR count). The zero-order chi connectivity index (χ0) is 14.5. The lowest BCUT2D eigenvalue weighted by molar-refractivity contribution is -0.385. The Morgan fingerprint density at radius 3 is 1.45 bits per heavy atom. The third kappa shape index (κ3) is 3.31. The normalized spacial score (nSPS) is 10.2. The van der Waals surface area contributed by atoms with Crippen LogP contribution >= 0.6 is 0 Å². The summed E-state index contributed by atoms with van der Waals surface area (Å²) in [5.74, 6) is 0. The third-order valence-corrected chi connectivity index (χ3v) is 2.68. The maximum absolute atomic E-state index is 10.5. The van der Waals surface area contributed by atoms with Crippen LogP contribution in [0.1, 0.15) is 11.4 Å². The molecule has 20 heavy (non-hydrogen) atoms. The fourth-order valence-corrected chi connectivity index (χ4v) is 1.60. The Kier molecular flexibility index (Phi) is 3.94. The number of aromatic nitrogens is 2. The maximum Gasteiger partial charge on any atom is 0.287 e. The highest BCUT2D eigenvalue weighted by molar-refractivity contribution is 5.28. The Balaban J connectivity index is 1.97. The maximum atomic E-state index is 10.5. The number of pyridine rings is 2. The molecule has 0 aromatic carbocycles. The molecule has 102 valence electrons.